The molecule has 0 aliphatic heterocycles. The third kappa shape index (κ3) is 2.62. The molecule has 0 aliphatic rings. The molecule has 1 unspecified atom stereocenters. The van der Waals surface area contributed by atoms with Crippen LogP contribution < -0.4 is 4.74 Å². The average Bonchev–Trinajstić information content (AvgIpc) is 2.27. The lowest BCUT2D eigenvalue weighted by Gasteiger charge is -2.22. The number of carboxylic acid groups (broad SMARTS) is 1. The van der Waals surface area contributed by atoms with Gasteiger partial charge in [0.05, 0.1) is 13.2 Å². The molecule has 0 aliphatic carbocycles. The topological polar surface area (TPSA) is 49.8 Å². The van der Waals surface area contributed by atoms with E-state index in [-0.39, 0.29) is 6.04 Å². The molecule has 0 saturated carbocycles. The lowest BCUT2D eigenvalue weighted by molar-refractivity contribution is 0.142. The van der Waals surface area contributed by atoms with Gasteiger partial charge in [-0.3, -0.25) is 0 Å². The van der Waals surface area contributed by atoms with E-state index < -0.39 is 6.09 Å². The smallest absolute Gasteiger partial charge is 0.407 e. The molecule has 0 heterocycles. The van der Waals surface area contributed by atoms with E-state index in [1.54, 1.807) is 14.2 Å². The zero-order valence-corrected chi connectivity index (χ0v) is 9.10. The molecular formula is C11H15NO3. The number of nitrogens with zero attached hydrogens (tertiary/aromatic N) is 1. The van der Waals surface area contributed by atoms with Gasteiger partial charge in [-0.1, -0.05) is 12.1 Å². The van der Waals surface area contributed by atoms with E-state index in [0.29, 0.717) is 0 Å². The van der Waals surface area contributed by atoms with E-state index in [1.807, 2.05) is 31.2 Å². The van der Waals surface area contributed by atoms with Crippen LogP contribution in [0.4, 0.5) is 4.79 Å². The van der Waals surface area contributed by atoms with Gasteiger partial charge in [-0.05, 0) is 24.6 Å². The van der Waals surface area contributed by atoms with Crippen molar-refractivity contribution >= 4 is 6.09 Å². The third-order valence-electron chi connectivity index (χ3n) is 2.48. The molecule has 0 radical (unpaired) electrons. The Balaban J connectivity index is 2.82. The Morgan fingerprint density at radius 3 is 2.33 bits per heavy atom. The van der Waals surface area contributed by atoms with Gasteiger partial charge in [-0.2, -0.15) is 0 Å². The number of benzene rings is 1. The summed E-state index contributed by atoms with van der Waals surface area (Å²) < 4.78 is 5.03. The number of hydrogen-bond acceptors (Lipinski definition) is 2. The first-order valence-corrected chi connectivity index (χ1v) is 4.66. The van der Waals surface area contributed by atoms with Crippen LogP contribution in [0.3, 0.4) is 0 Å². The van der Waals surface area contributed by atoms with Crippen LogP contribution in [0.5, 0.6) is 5.75 Å². The third-order valence-corrected chi connectivity index (χ3v) is 2.48. The molecule has 1 aromatic carbocycles. The lowest BCUT2D eigenvalue weighted by atomic mass is 10.1. The summed E-state index contributed by atoms with van der Waals surface area (Å²) in [5.74, 6) is 0.768. The molecule has 1 aromatic rings. The molecule has 1 amide bonds. The molecule has 82 valence electrons. The SMILES string of the molecule is COc1ccc(C(C)N(C)C(=O)O)cc1. The summed E-state index contributed by atoms with van der Waals surface area (Å²) in [7, 11) is 3.15. The molecule has 0 bridgehead atoms. The van der Waals surface area contributed by atoms with Crippen LogP contribution in [-0.2, 0) is 0 Å². The average molecular weight is 209 g/mol. The maximum atomic E-state index is 10.7. The van der Waals surface area contributed by atoms with Gasteiger partial charge in [0.1, 0.15) is 5.75 Å². The van der Waals surface area contributed by atoms with Crippen molar-refractivity contribution in [3.8, 4) is 5.75 Å². The van der Waals surface area contributed by atoms with Crippen molar-refractivity contribution in [1.29, 1.82) is 0 Å². The monoisotopic (exact) mass is 209 g/mol. The van der Waals surface area contributed by atoms with Crippen molar-refractivity contribution in [2.75, 3.05) is 14.2 Å². The normalized spacial score (nSPS) is 11.9. The maximum Gasteiger partial charge on any atom is 0.407 e. The van der Waals surface area contributed by atoms with Gasteiger partial charge in [-0.15, -0.1) is 0 Å². The van der Waals surface area contributed by atoms with Gasteiger partial charge in [0.25, 0.3) is 0 Å². The van der Waals surface area contributed by atoms with Crippen LogP contribution >= 0.6 is 0 Å². The fourth-order valence-corrected chi connectivity index (χ4v) is 1.27. The summed E-state index contributed by atoms with van der Waals surface area (Å²) in [6.45, 7) is 1.84. The number of methoxy groups -OCH3 is 1. The summed E-state index contributed by atoms with van der Waals surface area (Å²) in [6, 6.07) is 7.21. The van der Waals surface area contributed by atoms with E-state index in [1.165, 1.54) is 4.90 Å². The lowest BCUT2D eigenvalue weighted by Crippen LogP contribution is -2.27. The van der Waals surface area contributed by atoms with E-state index in [2.05, 4.69) is 0 Å². The summed E-state index contributed by atoms with van der Waals surface area (Å²) in [5.41, 5.74) is 0.945. The van der Waals surface area contributed by atoms with Gasteiger partial charge < -0.3 is 14.7 Å². The molecular weight excluding hydrogens is 194 g/mol. The first kappa shape index (κ1) is 11.4. The first-order valence-electron chi connectivity index (χ1n) is 4.66. The Labute approximate surface area is 89.1 Å². The van der Waals surface area contributed by atoms with Crippen molar-refractivity contribution in [2.24, 2.45) is 0 Å². The second-order valence-electron chi connectivity index (χ2n) is 3.34. The second kappa shape index (κ2) is 4.68. The van der Waals surface area contributed by atoms with Gasteiger partial charge in [0, 0.05) is 7.05 Å². The molecule has 1 N–H and O–H groups in total. The molecule has 1 atom stereocenters. The Morgan fingerprint density at radius 2 is 1.93 bits per heavy atom. The molecule has 0 aromatic heterocycles. The van der Waals surface area contributed by atoms with E-state index >= 15 is 0 Å². The Kier molecular flexibility index (Phi) is 3.55. The number of amides is 1. The quantitative estimate of drug-likeness (QED) is 0.831. The van der Waals surface area contributed by atoms with E-state index in [9.17, 15) is 4.79 Å². The van der Waals surface area contributed by atoms with E-state index in [4.69, 9.17) is 9.84 Å². The molecule has 15 heavy (non-hydrogen) atoms. The standard InChI is InChI=1S/C11H15NO3/c1-8(12(2)11(13)14)9-4-6-10(15-3)7-5-9/h4-8H,1-3H3,(H,13,14). The van der Waals surface area contributed by atoms with E-state index in [0.717, 1.165) is 11.3 Å². The molecule has 4 nitrogen and oxygen atoms in total. The van der Waals surface area contributed by atoms with Crippen molar-refractivity contribution in [3.63, 3.8) is 0 Å². The molecule has 4 heteroatoms. The fraction of sp³-hybridized carbons (Fsp3) is 0.364. The number of carbonyl (C=O) groups is 1. The van der Waals surface area contributed by atoms with Crippen LogP contribution in [0, 0.1) is 0 Å². The Hall–Kier alpha value is -1.71. The number of ether oxygens (including phenoxy) is 1. The minimum Gasteiger partial charge on any atom is -0.497 e. The summed E-state index contributed by atoms with van der Waals surface area (Å²) in [6.07, 6.45) is -0.932. The van der Waals surface area contributed by atoms with Crippen molar-refractivity contribution in [1.82, 2.24) is 4.90 Å². The van der Waals surface area contributed by atoms with Crippen LogP contribution in [0.15, 0.2) is 24.3 Å². The van der Waals surface area contributed by atoms with Crippen LogP contribution in [0.2, 0.25) is 0 Å². The van der Waals surface area contributed by atoms with Crippen LogP contribution in [-0.4, -0.2) is 30.3 Å². The highest BCUT2D eigenvalue weighted by atomic mass is 16.5. The zero-order valence-electron chi connectivity index (χ0n) is 9.10. The van der Waals surface area contributed by atoms with Crippen LogP contribution in [0.1, 0.15) is 18.5 Å². The van der Waals surface area contributed by atoms with Crippen molar-refractivity contribution in [3.05, 3.63) is 29.8 Å². The molecule has 1 rings (SSSR count). The van der Waals surface area contributed by atoms with Crippen molar-refractivity contribution < 1.29 is 14.6 Å². The summed E-state index contributed by atoms with van der Waals surface area (Å²) in [4.78, 5) is 12.0. The highest BCUT2D eigenvalue weighted by Crippen LogP contribution is 2.21. The summed E-state index contributed by atoms with van der Waals surface area (Å²) in [5, 5.41) is 8.82. The highest BCUT2D eigenvalue weighted by Gasteiger charge is 2.15. The van der Waals surface area contributed by atoms with Gasteiger partial charge in [-0.25, -0.2) is 4.79 Å². The zero-order chi connectivity index (χ0) is 11.4. The maximum absolute atomic E-state index is 10.7. The fourth-order valence-electron chi connectivity index (χ4n) is 1.27. The molecule has 0 saturated heterocycles. The minimum absolute atomic E-state index is 0.159. The molecule has 0 spiro atoms. The summed E-state index contributed by atoms with van der Waals surface area (Å²) >= 11 is 0. The van der Waals surface area contributed by atoms with Gasteiger partial charge >= 0.3 is 6.09 Å². The number of hydrogen-bond donors (Lipinski definition) is 1. The van der Waals surface area contributed by atoms with Crippen molar-refractivity contribution in [2.45, 2.75) is 13.0 Å². The second-order valence-corrected chi connectivity index (χ2v) is 3.34. The largest absolute Gasteiger partial charge is 0.497 e. The molecule has 0 fully saturated rings. The highest BCUT2D eigenvalue weighted by molar-refractivity contribution is 5.65. The van der Waals surface area contributed by atoms with Crippen LogP contribution in [0.25, 0.3) is 0 Å². The number of rotatable bonds is 3. The van der Waals surface area contributed by atoms with Gasteiger partial charge in [0.15, 0.2) is 0 Å². The first-order chi connectivity index (χ1) is 7.06. The predicted octanol–water partition coefficient (Wildman–Crippen LogP) is 2.37. The Morgan fingerprint density at radius 1 is 1.40 bits per heavy atom. The minimum atomic E-state index is -0.932. The predicted molar refractivity (Wildman–Crippen MR) is 57.2 cm³/mol. The van der Waals surface area contributed by atoms with Gasteiger partial charge in [0.2, 0.25) is 0 Å². The Bertz CT molecular complexity index is 334.